The van der Waals surface area contributed by atoms with Gasteiger partial charge in [-0.25, -0.2) is 0 Å². The van der Waals surface area contributed by atoms with Gasteiger partial charge in [0.15, 0.2) is 0 Å². The highest BCUT2D eigenvalue weighted by molar-refractivity contribution is 7.08. The molecule has 7 heteroatoms. The van der Waals surface area contributed by atoms with Crippen LogP contribution in [0.3, 0.4) is 0 Å². The number of hydrogen-bond acceptors (Lipinski definition) is 4. The molecule has 1 aromatic carbocycles. The van der Waals surface area contributed by atoms with Gasteiger partial charge in [-0.2, -0.15) is 11.3 Å². The predicted molar refractivity (Wildman–Crippen MR) is 106 cm³/mol. The molecule has 1 aliphatic carbocycles. The van der Waals surface area contributed by atoms with E-state index >= 15 is 0 Å². The molecule has 3 N–H and O–H groups in total. The zero-order chi connectivity index (χ0) is 17.4. The molecule has 2 heterocycles. The highest BCUT2D eigenvalue weighted by Gasteiger charge is 2.42. The predicted octanol–water partition coefficient (Wildman–Crippen LogP) is 3.23. The number of fused-ring (bicyclic) bond motifs is 1. The van der Waals surface area contributed by atoms with Gasteiger partial charge in [-0.05, 0) is 48.3 Å². The highest BCUT2D eigenvalue weighted by atomic mass is 35.5. The van der Waals surface area contributed by atoms with E-state index in [1.807, 2.05) is 22.4 Å². The molecule has 3 atom stereocenters. The Balaban J connectivity index is 0.00000196. The summed E-state index contributed by atoms with van der Waals surface area (Å²) in [4.78, 5) is 27.2. The van der Waals surface area contributed by atoms with Gasteiger partial charge in [-0.3, -0.25) is 9.59 Å². The van der Waals surface area contributed by atoms with Crippen molar-refractivity contribution in [1.29, 1.82) is 0 Å². The van der Waals surface area contributed by atoms with Crippen LogP contribution < -0.4 is 11.1 Å². The van der Waals surface area contributed by atoms with Crippen LogP contribution in [-0.4, -0.2) is 35.8 Å². The second kappa shape index (κ2) is 7.78. The first-order valence-electron chi connectivity index (χ1n) is 8.61. The van der Waals surface area contributed by atoms with Gasteiger partial charge >= 0.3 is 0 Å². The molecule has 5 nitrogen and oxygen atoms in total. The van der Waals surface area contributed by atoms with Crippen LogP contribution in [0.15, 0.2) is 41.1 Å². The number of para-hydroxylation sites is 1. The fourth-order valence-electron chi connectivity index (χ4n) is 4.01. The lowest BCUT2D eigenvalue weighted by Crippen LogP contribution is -2.34. The van der Waals surface area contributed by atoms with E-state index in [9.17, 15) is 9.59 Å². The highest BCUT2D eigenvalue weighted by Crippen LogP contribution is 2.38. The van der Waals surface area contributed by atoms with Crippen molar-refractivity contribution in [2.45, 2.75) is 18.9 Å². The maximum atomic E-state index is 13.0. The summed E-state index contributed by atoms with van der Waals surface area (Å²) >= 11 is 1.47. The summed E-state index contributed by atoms with van der Waals surface area (Å²) in [6, 6.07) is 9.19. The fraction of sp³-hybridized carbons (Fsp3) is 0.368. The molecule has 1 saturated carbocycles. The summed E-state index contributed by atoms with van der Waals surface area (Å²) in [5.41, 5.74) is 7.88. The van der Waals surface area contributed by atoms with Gasteiger partial charge in [0.05, 0.1) is 16.8 Å². The number of nitrogens with one attached hydrogen (secondary N) is 1. The van der Waals surface area contributed by atoms with Crippen molar-refractivity contribution in [3.8, 4) is 0 Å². The number of rotatable bonds is 3. The smallest absolute Gasteiger partial charge is 0.256 e. The van der Waals surface area contributed by atoms with Gasteiger partial charge in [0, 0.05) is 24.5 Å². The SMILES string of the molecule is Cl.NC1CCC2CN(C(=O)c3ccccc3NC(=O)c3ccsc3)CC12. The molecular formula is C19H22ClN3O2S. The Morgan fingerprint density at radius 3 is 2.69 bits per heavy atom. The Morgan fingerprint density at radius 2 is 1.96 bits per heavy atom. The molecule has 2 amide bonds. The van der Waals surface area contributed by atoms with Gasteiger partial charge in [0.25, 0.3) is 11.8 Å². The molecule has 26 heavy (non-hydrogen) atoms. The van der Waals surface area contributed by atoms with Crippen molar-refractivity contribution in [2.75, 3.05) is 18.4 Å². The number of amides is 2. The zero-order valence-corrected chi connectivity index (χ0v) is 15.9. The quantitative estimate of drug-likeness (QED) is 0.843. The first kappa shape index (κ1) is 18.9. The van der Waals surface area contributed by atoms with E-state index in [-0.39, 0.29) is 30.3 Å². The minimum absolute atomic E-state index is 0. The summed E-state index contributed by atoms with van der Waals surface area (Å²) in [5, 5.41) is 6.53. The third-order valence-corrected chi connectivity index (χ3v) is 6.07. The Bertz CT molecular complexity index is 796. The molecule has 0 radical (unpaired) electrons. The average molecular weight is 392 g/mol. The largest absolute Gasteiger partial charge is 0.338 e. The summed E-state index contributed by atoms with van der Waals surface area (Å²) in [6.45, 7) is 1.49. The first-order chi connectivity index (χ1) is 12.1. The summed E-state index contributed by atoms with van der Waals surface area (Å²) in [6.07, 6.45) is 2.16. The van der Waals surface area contributed by atoms with Crippen molar-refractivity contribution < 1.29 is 9.59 Å². The molecule has 138 valence electrons. The summed E-state index contributed by atoms with van der Waals surface area (Å²) in [5.74, 6) is 0.715. The molecule has 1 aliphatic heterocycles. The maximum absolute atomic E-state index is 13.0. The Labute approximate surface area is 163 Å². The van der Waals surface area contributed by atoms with E-state index in [2.05, 4.69) is 5.32 Å². The third kappa shape index (κ3) is 3.49. The van der Waals surface area contributed by atoms with Gasteiger partial charge < -0.3 is 16.0 Å². The number of nitrogens with zero attached hydrogens (tertiary/aromatic N) is 1. The van der Waals surface area contributed by atoms with Gasteiger partial charge in [-0.1, -0.05) is 12.1 Å². The first-order valence-corrected chi connectivity index (χ1v) is 9.55. The number of nitrogens with two attached hydrogens (primary N) is 1. The molecule has 2 aromatic rings. The number of anilines is 1. The van der Waals surface area contributed by atoms with E-state index in [4.69, 9.17) is 5.73 Å². The Hall–Kier alpha value is -1.89. The Morgan fingerprint density at radius 1 is 1.15 bits per heavy atom. The average Bonchev–Trinajstić information content (AvgIpc) is 3.34. The number of carbonyl (C=O) groups is 2. The standard InChI is InChI=1S/C19H21N3O2S.ClH/c20-16-6-5-12-9-22(10-15(12)16)19(24)14-3-1-2-4-17(14)21-18(23)13-7-8-25-11-13;/h1-4,7-8,11-12,15-16H,5-6,9-10,20H2,(H,21,23);1H. The van der Waals surface area contributed by atoms with E-state index in [1.54, 1.807) is 23.6 Å². The molecule has 3 unspecified atom stereocenters. The van der Waals surface area contributed by atoms with E-state index in [0.717, 1.165) is 25.9 Å². The molecule has 0 bridgehead atoms. The number of likely N-dealkylation sites (tertiary alicyclic amines) is 1. The number of benzene rings is 1. The lowest BCUT2D eigenvalue weighted by Gasteiger charge is -2.20. The molecule has 1 aromatic heterocycles. The van der Waals surface area contributed by atoms with Crippen molar-refractivity contribution in [3.05, 3.63) is 52.2 Å². The van der Waals surface area contributed by atoms with Crippen molar-refractivity contribution in [3.63, 3.8) is 0 Å². The van der Waals surface area contributed by atoms with Gasteiger partial charge in [0.2, 0.25) is 0 Å². The normalized spacial score (nSPS) is 24.0. The van der Waals surface area contributed by atoms with Crippen LogP contribution in [0.4, 0.5) is 5.69 Å². The molecule has 2 fully saturated rings. The van der Waals surface area contributed by atoms with Gasteiger partial charge in [-0.15, -0.1) is 12.4 Å². The molecule has 2 aliphatic rings. The van der Waals surface area contributed by atoms with Crippen LogP contribution in [-0.2, 0) is 0 Å². The second-order valence-electron chi connectivity index (χ2n) is 6.89. The van der Waals surface area contributed by atoms with Crippen LogP contribution in [0, 0.1) is 11.8 Å². The van der Waals surface area contributed by atoms with Crippen LogP contribution in [0.5, 0.6) is 0 Å². The molecule has 0 spiro atoms. The van der Waals surface area contributed by atoms with Crippen molar-refractivity contribution >= 4 is 41.2 Å². The van der Waals surface area contributed by atoms with Crippen molar-refractivity contribution in [2.24, 2.45) is 17.6 Å². The minimum Gasteiger partial charge on any atom is -0.338 e. The fourth-order valence-corrected chi connectivity index (χ4v) is 4.65. The monoisotopic (exact) mass is 391 g/mol. The number of thiophene rings is 1. The minimum atomic E-state index is -0.193. The molecular weight excluding hydrogens is 370 g/mol. The van der Waals surface area contributed by atoms with Gasteiger partial charge in [0.1, 0.15) is 0 Å². The Kier molecular flexibility index (Phi) is 5.65. The molecule has 4 rings (SSSR count). The number of carbonyl (C=O) groups excluding carboxylic acids is 2. The maximum Gasteiger partial charge on any atom is 0.256 e. The summed E-state index contributed by atoms with van der Waals surface area (Å²) in [7, 11) is 0. The lowest BCUT2D eigenvalue weighted by atomic mass is 9.98. The van der Waals surface area contributed by atoms with E-state index < -0.39 is 0 Å². The summed E-state index contributed by atoms with van der Waals surface area (Å²) < 4.78 is 0. The van der Waals surface area contributed by atoms with E-state index in [1.165, 1.54) is 11.3 Å². The number of hydrogen-bond donors (Lipinski definition) is 2. The van der Waals surface area contributed by atoms with Crippen LogP contribution in [0.2, 0.25) is 0 Å². The second-order valence-corrected chi connectivity index (χ2v) is 7.67. The van der Waals surface area contributed by atoms with Crippen molar-refractivity contribution in [1.82, 2.24) is 4.90 Å². The van der Waals surface area contributed by atoms with E-state index in [0.29, 0.717) is 28.7 Å². The zero-order valence-electron chi connectivity index (χ0n) is 14.3. The topological polar surface area (TPSA) is 75.4 Å². The number of halogens is 1. The van der Waals surface area contributed by atoms with Crippen LogP contribution in [0.25, 0.3) is 0 Å². The third-order valence-electron chi connectivity index (χ3n) is 5.39. The van der Waals surface area contributed by atoms with Crippen LogP contribution >= 0.6 is 23.7 Å². The van der Waals surface area contributed by atoms with Crippen LogP contribution in [0.1, 0.15) is 33.6 Å². The molecule has 1 saturated heterocycles. The lowest BCUT2D eigenvalue weighted by molar-refractivity contribution is 0.0780.